The molecule has 3 atom stereocenters. The lowest BCUT2D eigenvalue weighted by molar-refractivity contribution is -0.144. The topological polar surface area (TPSA) is 66.4 Å². The van der Waals surface area contributed by atoms with Crippen LogP contribution in [-0.4, -0.2) is 17.0 Å². The monoisotopic (exact) mass is 307 g/mol. The third-order valence-corrected chi connectivity index (χ3v) is 5.76. The number of nitrogens with one attached hydrogen (secondary N) is 1. The molecule has 0 aromatic carbocycles. The Morgan fingerprint density at radius 2 is 2.00 bits per heavy atom. The van der Waals surface area contributed by atoms with Gasteiger partial charge in [-0.1, -0.05) is 6.42 Å². The Balaban J connectivity index is 1.63. The zero-order valence-electron chi connectivity index (χ0n) is 12.0. The van der Waals surface area contributed by atoms with Crippen LogP contribution >= 0.6 is 11.3 Å². The van der Waals surface area contributed by atoms with Crippen molar-refractivity contribution in [1.82, 2.24) is 5.32 Å². The van der Waals surface area contributed by atoms with Gasteiger partial charge in [0.2, 0.25) is 5.91 Å². The number of hydrogen-bond acceptors (Lipinski definition) is 3. The van der Waals surface area contributed by atoms with E-state index in [0.717, 1.165) is 32.1 Å². The molecule has 1 saturated carbocycles. The lowest BCUT2D eigenvalue weighted by Crippen LogP contribution is -2.38. The van der Waals surface area contributed by atoms with E-state index in [1.807, 2.05) is 0 Å². The van der Waals surface area contributed by atoms with Crippen molar-refractivity contribution in [2.45, 2.75) is 51.0 Å². The van der Waals surface area contributed by atoms with Crippen molar-refractivity contribution in [3.8, 4) is 0 Å². The molecule has 1 aromatic rings. The van der Waals surface area contributed by atoms with Gasteiger partial charge in [0.1, 0.15) is 0 Å². The molecule has 2 aliphatic carbocycles. The fraction of sp³-hybridized carbons (Fsp3) is 0.625. The zero-order chi connectivity index (χ0) is 14.8. The van der Waals surface area contributed by atoms with Crippen molar-refractivity contribution in [1.29, 1.82) is 0 Å². The maximum Gasteiger partial charge on any atom is 0.306 e. The van der Waals surface area contributed by atoms with E-state index in [1.54, 1.807) is 11.3 Å². The van der Waals surface area contributed by atoms with Crippen molar-refractivity contribution in [3.63, 3.8) is 0 Å². The van der Waals surface area contributed by atoms with Gasteiger partial charge in [0, 0.05) is 10.8 Å². The van der Waals surface area contributed by atoms with E-state index < -0.39 is 5.97 Å². The average Bonchev–Trinajstić information content (AvgIpc) is 2.97. The highest BCUT2D eigenvalue weighted by Crippen LogP contribution is 2.35. The molecule has 21 heavy (non-hydrogen) atoms. The van der Waals surface area contributed by atoms with Crippen molar-refractivity contribution in [2.75, 3.05) is 0 Å². The SMILES string of the molecule is O=C(O)C1CCCC(C(=O)NC2CCCc3sccc32)C1. The number of carbonyl (C=O) groups excluding carboxylic acids is 1. The van der Waals surface area contributed by atoms with Gasteiger partial charge in [-0.2, -0.15) is 0 Å². The second-order valence-corrected chi connectivity index (χ2v) is 7.15. The Hall–Kier alpha value is -1.36. The fourth-order valence-corrected chi connectivity index (χ4v) is 4.57. The summed E-state index contributed by atoms with van der Waals surface area (Å²) in [5.74, 6) is -1.20. The Kier molecular flexibility index (Phi) is 4.29. The number of hydrogen-bond donors (Lipinski definition) is 2. The number of carboxylic acids is 1. The molecular weight excluding hydrogens is 286 g/mol. The highest BCUT2D eigenvalue weighted by Gasteiger charge is 2.32. The third-order valence-electron chi connectivity index (χ3n) is 4.76. The summed E-state index contributed by atoms with van der Waals surface area (Å²) in [5.41, 5.74) is 1.27. The molecule has 3 rings (SSSR count). The van der Waals surface area contributed by atoms with Crippen molar-refractivity contribution < 1.29 is 14.7 Å². The van der Waals surface area contributed by atoms with Crippen molar-refractivity contribution in [2.24, 2.45) is 11.8 Å². The van der Waals surface area contributed by atoms with E-state index in [0.29, 0.717) is 12.8 Å². The summed E-state index contributed by atoms with van der Waals surface area (Å²) in [6.45, 7) is 0. The molecular formula is C16H21NO3S. The second-order valence-electron chi connectivity index (χ2n) is 6.15. The first-order chi connectivity index (χ1) is 10.1. The first-order valence-electron chi connectivity index (χ1n) is 7.74. The number of thiophene rings is 1. The Morgan fingerprint density at radius 1 is 1.19 bits per heavy atom. The van der Waals surface area contributed by atoms with Crippen LogP contribution in [0.25, 0.3) is 0 Å². The summed E-state index contributed by atoms with van der Waals surface area (Å²) in [6, 6.07) is 2.24. The molecule has 0 bridgehead atoms. The maximum atomic E-state index is 12.5. The van der Waals surface area contributed by atoms with Crippen LogP contribution in [0.1, 0.15) is 55.0 Å². The highest BCUT2D eigenvalue weighted by atomic mass is 32.1. The van der Waals surface area contributed by atoms with Gasteiger partial charge < -0.3 is 10.4 Å². The van der Waals surface area contributed by atoms with Gasteiger partial charge in [-0.15, -0.1) is 11.3 Å². The molecule has 2 aliphatic rings. The van der Waals surface area contributed by atoms with E-state index in [2.05, 4.69) is 16.8 Å². The van der Waals surface area contributed by atoms with Crippen LogP contribution < -0.4 is 5.32 Å². The molecule has 3 unspecified atom stereocenters. The number of aryl methyl sites for hydroxylation is 1. The maximum absolute atomic E-state index is 12.5. The normalized spacial score (nSPS) is 28.7. The quantitative estimate of drug-likeness (QED) is 0.901. The van der Waals surface area contributed by atoms with E-state index in [-0.39, 0.29) is 23.8 Å². The van der Waals surface area contributed by atoms with Crippen LogP contribution in [0.2, 0.25) is 0 Å². The minimum absolute atomic E-state index is 0.0463. The molecule has 114 valence electrons. The molecule has 1 aromatic heterocycles. The Labute approximate surface area is 128 Å². The molecule has 4 nitrogen and oxygen atoms in total. The molecule has 0 radical (unpaired) electrons. The first-order valence-corrected chi connectivity index (χ1v) is 8.62. The number of carboxylic acid groups (broad SMARTS) is 1. The van der Waals surface area contributed by atoms with Gasteiger partial charge in [0.15, 0.2) is 0 Å². The van der Waals surface area contributed by atoms with Crippen LogP contribution in [0.5, 0.6) is 0 Å². The lowest BCUT2D eigenvalue weighted by Gasteiger charge is -2.29. The number of rotatable bonds is 3. The van der Waals surface area contributed by atoms with Crippen LogP contribution in [0.4, 0.5) is 0 Å². The molecule has 1 heterocycles. The molecule has 0 saturated heterocycles. The summed E-state index contributed by atoms with van der Waals surface area (Å²) in [5, 5.41) is 14.4. The summed E-state index contributed by atoms with van der Waals surface area (Å²) in [7, 11) is 0. The minimum atomic E-state index is -0.759. The van der Waals surface area contributed by atoms with Crippen LogP contribution in [0.3, 0.4) is 0 Å². The Bertz CT molecular complexity index is 539. The predicted octanol–water partition coefficient (Wildman–Crippen LogP) is 3.13. The second kappa shape index (κ2) is 6.18. The van der Waals surface area contributed by atoms with Gasteiger partial charge in [-0.3, -0.25) is 9.59 Å². The van der Waals surface area contributed by atoms with Crippen molar-refractivity contribution in [3.05, 3.63) is 21.9 Å². The third kappa shape index (κ3) is 3.12. The molecule has 5 heteroatoms. The molecule has 1 amide bonds. The van der Waals surface area contributed by atoms with Crippen LogP contribution in [0, 0.1) is 11.8 Å². The molecule has 0 aliphatic heterocycles. The van der Waals surface area contributed by atoms with Crippen LogP contribution in [-0.2, 0) is 16.0 Å². The Morgan fingerprint density at radius 3 is 2.81 bits per heavy atom. The minimum Gasteiger partial charge on any atom is -0.481 e. The van der Waals surface area contributed by atoms with E-state index >= 15 is 0 Å². The lowest BCUT2D eigenvalue weighted by atomic mass is 9.80. The zero-order valence-corrected chi connectivity index (χ0v) is 12.8. The number of carbonyl (C=O) groups is 2. The van der Waals surface area contributed by atoms with Crippen molar-refractivity contribution >= 4 is 23.2 Å². The van der Waals surface area contributed by atoms with Gasteiger partial charge in [0.25, 0.3) is 0 Å². The van der Waals surface area contributed by atoms with Crippen LogP contribution in [0.15, 0.2) is 11.4 Å². The molecule has 2 N–H and O–H groups in total. The van der Waals surface area contributed by atoms with Gasteiger partial charge in [-0.25, -0.2) is 0 Å². The summed E-state index contributed by atoms with van der Waals surface area (Å²) in [4.78, 5) is 25.0. The highest BCUT2D eigenvalue weighted by molar-refractivity contribution is 7.10. The number of amides is 1. The van der Waals surface area contributed by atoms with E-state index in [9.17, 15) is 9.59 Å². The summed E-state index contributed by atoms with van der Waals surface area (Å²) >= 11 is 1.77. The smallest absolute Gasteiger partial charge is 0.306 e. The average molecular weight is 307 g/mol. The first kappa shape index (κ1) is 14.6. The van der Waals surface area contributed by atoms with E-state index in [4.69, 9.17) is 5.11 Å². The van der Waals surface area contributed by atoms with Gasteiger partial charge in [-0.05, 0) is 55.5 Å². The molecule has 0 spiro atoms. The predicted molar refractivity (Wildman–Crippen MR) is 81.2 cm³/mol. The number of aliphatic carboxylic acids is 1. The molecule has 1 fully saturated rings. The summed E-state index contributed by atoms with van der Waals surface area (Å²) in [6.07, 6.45) is 6.07. The standard InChI is InChI=1S/C16H21NO3S/c18-15(10-3-1-4-11(9-10)16(19)20)17-13-5-2-6-14-12(13)7-8-21-14/h7-8,10-11,13H,1-6,9H2,(H,17,18)(H,19,20). The summed E-state index contributed by atoms with van der Waals surface area (Å²) < 4.78 is 0. The van der Waals surface area contributed by atoms with Gasteiger partial charge in [0.05, 0.1) is 12.0 Å². The fourth-order valence-electron chi connectivity index (χ4n) is 3.58. The van der Waals surface area contributed by atoms with E-state index in [1.165, 1.54) is 10.4 Å². The van der Waals surface area contributed by atoms with Gasteiger partial charge >= 0.3 is 5.97 Å². The number of fused-ring (bicyclic) bond motifs is 1. The largest absolute Gasteiger partial charge is 0.481 e.